The largest absolute Gasteiger partial charge is 0.497 e. The number of methoxy groups -OCH3 is 1. The molecule has 0 radical (unpaired) electrons. The summed E-state index contributed by atoms with van der Waals surface area (Å²) in [7, 11) is 1.63. The molecule has 1 aromatic heterocycles. The van der Waals surface area contributed by atoms with E-state index in [1.807, 2.05) is 29.2 Å². The summed E-state index contributed by atoms with van der Waals surface area (Å²) < 4.78 is 10.5. The van der Waals surface area contributed by atoms with Crippen molar-refractivity contribution in [2.24, 2.45) is 5.92 Å². The monoisotopic (exact) mass is 413 g/mol. The minimum atomic E-state index is -0.257. The van der Waals surface area contributed by atoms with Crippen LogP contribution in [0.5, 0.6) is 5.75 Å². The van der Waals surface area contributed by atoms with Gasteiger partial charge in [-0.3, -0.25) is 4.79 Å². The normalized spacial score (nSPS) is 24.2. The second-order valence-electron chi connectivity index (χ2n) is 8.41. The van der Waals surface area contributed by atoms with E-state index in [1.54, 1.807) is 7.11 Å². The van der Waals surface area contributed by atoms with Gasteiger partial charge in [0.25, 0.3) is 0 Å². The maximum Gasteiger partial charge on any atom is 0.226 e. The topological polar surface area (TPSA) is 88.7 Å². The molecule has 2 fully saturated rings. The van der Waals surface area contributed by atoms with Crippen LogP contribution in [-0.4, -0.2) is 51.9 Å². The Labute approximate surface area is 177 Å². The summed E-state index contributed by atoms with van der Waals surface area (Å²) in [5.74, 6) is 2.31. The number of aliphatic hydroxyl groups is 1. The van der Waals surface area contributed by atoms with Gasteiger partial charge in [-0.25, -0.2) is 0 Å². The van der Waals surface area contributed by atoms with Crippen LogP contribution in [0.25, 0.3) is 11.4 Å². The van der Waals surface area contributed by atoms with E-state index >= 15 is 0 Å². The first kappa shape index (κ1) is 20.8. The van der Waals surface area contributed by atoms with Crippen molar-refractivity contribution in [3.05, 3.63) is 30.2 Å². The van der Waals surface area contributed by atoms with Crippen LogP contribution in [-0.2, 0) is 11.2 Å². The fraction of sp³-hybridized carbons (Fsp3) is 0.609. The summed E-state index contributed by atoms with van der Waals surface area (Å²) in [5, 5.41) is 14.5. The average molecular weight is 414 g/mol. The molecule has 0 spiro atoms. The van der Waals surface area contributed by atoms with E-state index in [9.17, 15) is 9.90 Å². The van der Waals surface area contributed by atoms with E-state index in [4.69, 9.17) is 9.26 Å². The summed E-state index contributed by atoms with van der Waals surface area (Å²) >= 11 is 0. The smallest absolute Gasteiger partial charge is 0.226 e. The lowest BCUT2D eigenvalue weighted by atomic mass is 9.80. The van der Waals surface area contributed by atoms with Gasteiger partial charge in [-0.15, -0.1) is 0 Å². The summed E-state index contributed by atoms with van der Waals surface area (Å²) in [4.78, 5) is 19.3. The Balaban J connectivity index is 1.28. The molecule has 4 rings (SSSR count). The number of nitrogens with zero attached hydrogens (tertiary/aromatic N) is 3. The number of aryl methyl sites for hydroxylation is 1. The predicted molar refractivity (Wildman–Crippen MR) is 112 cm³/mol. The van der Waals surface area contributed by atoms with Gasteiger partial charge in [0.15, 0.2) is 0 Å². The SMILES string of the molecule is COc1ccc(-c2noc(CCCC(=O)N3CCC[C@@H]3[C@H]3CCCC[C@H]3O)n2)cc1. The number of likely N-dealkylation sites (tertiary alicyclic amines) is 1. The number of hydrogen-bond acceptors (Lipinski definition) is 6. The Hall–Kier alpha value is -2.41. The lowest BCUT2D eigenvalue weighted by Gasteiger charge is -2.37. The highest BCUT2D eigenvalue weighted by molar-refractivity contribution is 5.76. The van der Waals surface area contributed by atoms with Crippen LogP contribution in [0.15, 0.2) is 28.8 Å². The van der Waals surface area contributed by atoms with E-state index < -0.39 is 0 Å². The zero-order valence-electron chi connectivity index (χ0n) is 17.6. The van der Waals surface area contributed by atoms with E-state index in [0.717, 1.165) is 56.4 Å². The zero-order valence-corrected chi connectivity index (χ0v) is 17.6. The molecule has 1 saturated carbocycles. The zero-order chi connectivity index (χ0) is 20.9. The molecule has 1 aliphatic heterocycles. The fourth-order valence-electron chi connectivity index (χ4n) is 4.88. The highest BCUT2D eigenvalue weighted by atomic mass is 16.5. The quantitative estimate of drug-likeness (QED) is 0.746. The highest BCUT2D eigenvalue weighted by Crippen LogP contribution is 2.35. The van der Waals surface area contributed by atoms with E-state index in [0.29, 0.717) is 31.0 Å². The number of rotatable bonds is 7. The maximum atomic E-state index is 12.8. The molecule has 7 nitrogen and oxygen atoms in total. The molecule has 2 heterocycles. The summed E-state index contributed by atoms with van der Waals surface area (Å²) in [5.41, 5.74) is 0.868. The summed E-state index contributed by atoms with van der Waals surface area (Å²) in [6, 6.07) is 7.71. The second-order valence-corrected chi connectivity index (χ2v) is 8.41. The third-order valence-electron chi connectivity index (χ3n) is 6.49. The molecule has 1 aliphatic carbocycles. The molecule has 0 bridgehead atoms. The van der Waals surface area contributed by atoms with Crippen LogP contribution in [0, 0.1) is 5.92 Å². The first-order chi connectivity index (χ1) is 14.7. The van der Waals surface area contributed by atoms with Crippen molar-refractivity contribution in [3.8, 4) is 17.1 Å². The molecule has 30 heavy (non-hydrogen) atoms. The van der Waals surface area contributed by atoms with Crippen LogP contribution < -0.4 is 4.74 Å². The molecule has 2 aromatic rings. The van der Waals surface area contributed by atoms with Gasteiger partial charge in [0.2, 0.25) is 17.6 Å². The summed E-state index contributed by atoms with van der Waals surface area (Å²) in [6.07, 6.45) is 7.69. The van der Waals surface area contributed by atoms with Crippen molar-refractivity contribution < 1.29 is 19.2 Å². The predicted octanol–water partition coefficient (Wildman–Crippen LogP) is 3.61. The van der Waals surface area contributed by atoms with Gasteiger partial charge >= 0.3 is 0 Å². The Morgan fingerprint density at radius 1 is 1.20 bits per heavy atom. The van der Waals surface area contributed by atoms with Gasteiger partial charge in [-0.2, -0.15) is 4.98 Å². The lowest BCUT2D eigenvalue weighted by molar-refractivity contribution is -0.134. The number of aliphatic hydroxyl groups excluding tert-OH is 1. The van der Waals surface area contributed by atoms with Crippen molar-refractivity contribution in [2.75, 3.05) is 13.7 Å². The molecule has 1 amide bonds. The number of ether oxygens (including phenoxy) is 1. The molecule has 3 atom stereocenters. The fourth-order valence-corrected chi connectivity index (χ4v) is 4.88. The number of aromatic nitrogens is 2. The Morgan fingerprint density at radius 3 is 2.77 bits per heavy atom. The third kappa shape index (κ3) is 4.67. The van der Waals surface area contributed by atoms with Crippen LogP contribution in [0.4, 0.5) is 0 Å². The number of benzene rings is 1. The molecule has 162 valence electrons. The Morgan fingerprint density at radius 2 is 2.00 bits per heavy atom. The second kappa shape index (κ2) is 9.60. The van der Waals surface area contributed by atoms with E-state index in [1.165, 1.54) is 0 Å². The molecule has 7 heteroatoms. The molecule has 1 N–H and O–H groups in total. The van der Waals surface area contributed by atoms with Gasteiger partial charge in [0, 0.05) is 36.9 Å². The van der Waals surface area contributed by atoms with Crippen molar-refractivity contribution in [1.82, 2.24) is 15.0 Å². The van der Waals surface area contributed by atoms with Gasteiger partial charge in [0.05, 0.1) is 13.2 Å². The molecular formula is C23H31N3O4. The van der Waals surface area contributed by atoms with Crippen LogP contribution in [0.3, 0.4) is 0 Å². The molecule has 2 aliphatic rings. The molecule has 1 saturated heterocycles. The average Bonchev–Trinajstić information content (AvgIpc) is 3.44. The molecule has 0 unspecified atom stereocenters. The minimum absolute atomic E-state index is 0.185. The Bertz CT molecular complexity index is 835. The third-order valence-corrected chi connectivity index (χ3v) is 6.49. The first-order valence-corrected chi connectivity index (χ1v) is 11.1. The lowest BCUT2D eigenvalue weighted by Crippen LogP contribution is -2.45. The first-order valence-electron chi connectivity index (χ1n) is 11.1. The van der Waals surface area contributed by atoms with Gasteiger partial charge in [0.1, 0.15) is 5.75 Å². The minimum Gasteiger partial charge on any atom is -0.497 e. The standard InChI is InChI=1S/C23H31N3O4/c1-29-17-13-11-16(12-14-17)23-24-21(30-25-23)9-4-10-22(28)26-15-5-7-19(26)18-6-2-3-8-20(18)27/h11-14,18-20,27H,2-10,15H2,1H3/t18-,19-,20-/m1/s1. The summed E-state index contributed by atoms with van der Waals surface area (Å²) in [6.45, 7) is 0.814. The van der Waals surface area contributed by atoms with Crippen LogP contribution in [0.1, 0.15) is 57.3 Å². The molecular weight excluding hydrogens is 382 g/mol. The van der Waals surface area contributed by atoms with Crippen LogP contribution in [0.2, 0.25) is 0 Å². The van der Waals surface area contributed by atoms with Crippen molar-refractivity contribution in [3.63, 3.8) is 0 Å². The number of hydrogen-bond donors (Lipinski definition) is 1. The van der Waals surface area contributed by atoms with Crippen molar-refractivity contribution in [1.29, 1.82) is 0 Å². The molecule has 1 aromatic carbocycles. The number of carbonyl (C=O) groups is 1. The maximum absolute atomic E-state index is 12.8. The van der Waals surface area contributed by atoms with Crippen molar-refractivity contribution in [2.45, 2.75) is 69.9 Å². The van der Waals surface area contributed by atoms with E-state index in [2.05, 4.69) is 10.1 Å². The van der Waals surface area contributed by atoms with Crippen LogP contribution >= 0.6 is 0 Å². The Kier molecular flexibility index (Phi) is 6.67. The van der Waals surface area contributed by atoms with Gasteiger partial charge in [-0.05, 0) is 56.4 Å². The van der Waals surface area contributed by atoms with Crippen molar-refractivity contribution >= 4 is 5.91 Å². The van der Waals surface area contributed by atoms with E-state index in [-0.39, 0.29) is 24.0 Å². The van der Waals surface area contributed by atoms with Gasteiger partial charge < -0.3 is 19.3 Å². The number of amides is 1. The van der Waals surface area contributed by atoms with Gasteiger partial charge in [-0.1, -0.05) is 18.0 Å². The number of carbonyl (C=O) groups excluding carboxylic acids is 1. The highest BCUT2D eigenvalue weighted by Gasteiger charge is 2.38.